The summed E-state index contributed by atoms with van der Waals surface area (Å²) >= 11 is 1.86. The molecular formula is C28H28O4P2S. The summed E-state index contributed by atoms with van der Waals surface area (Å²) in [5, 5.41) is 0. The largest absolute Gasteiger partial charge is 0.439 e. The average Bonchev–Trinajstić information content (AvgIpc) is 2.91. The van der Waals surface area contributed by atoms with E-state index >= 15 is 0 Å². The first-order valence-corrected chi connectivity index (χ1v) is 15.3. The molecule has 0 amide bonds. The van der Waals surface area contributed by atoms with Crippen molar-refractivity contribution in [2.45, 2.75) is 0 Å². The van der Waals surface area contributed by atoms with E-state index in [2.05, 4.69) is 0 Å². The molecule has 4 nitrogen and oxygen atoms in total. The second kappa shape index (κ2) is 14.6. The molecule has 4 rings (SSSR count). The smallest absolute Gasteiger partial charge is 0.291 e. The molecule has 0 bridgehead atoms. The summed E-state index contributed by atoms with van der Waals surface area (Å²) in [6.45, 7) is 0. The number of rotatable bonds is 14. The SMILES string of the molecule is c1ccc(OP(CCSCCP(Oc2ccccc2)Oc2ccccc2)Oc2ccccc2)cc1. The summed E-state index contributed by atoms with van der Waals surface area (Å²) in [7, 11) is -2.21. The van der Waals surface area contributed by atoms with Gasteiger partial charge in [0, 0.05) is 11.5 Å². The first-order chi connectivity index (χ1) is 17.3. The van der Waals surface area contributed by atoms with Crippen molar-refractivity contribution in [3.05, 3.63) is 121 Å². The minimum absolute atomic E-state index is 0.820. The van der Waals surface area contributed by atoms with Gasteiger partial charge in [-0.15, -0.1) is 0 Å². The van der Waals surface area contributed by atoms with Crippen LogP contribution in [0.4, 0.5) is 0 Å². The summed E-state index contributed by atoms with van der Waals surface area (Å²) < 4.78 is 24.8. The molecule has 0 fully saturated rings. The Morgan fingerprint density at radius 2 is 0.657 bits per heavy atom. The molecule has 7 heteroatoms. The lowest BCUT2D eigenvalue weighted by molar-refractivity contribution is 0.491. The molecule has 4 aromatic rings. The highest BCUT2D eigenvalue weighted by Crippen LogP contribution is 2.43. The summed E-state index contributed by atoms with van der Waals surface area (Å²) in [6.07, 6.45) is 1.64. The van der Waals surface area contributed by atoms with Gasteiger partial charge in [-0.1, -0.05) is 72.8 Å². The lowest BCUT2D eigenvalue weighted by Gasteiger charge is -2.20. The minimum atomic E-state index is -1.10. The van der Waals surface area contributed by atoms with Crippen LogP contribution < -0.4 is 18.1 Å². The third-order valence-corrected chi connectivity index (χ3v) is 9.06. The Kier molecular flexibility index (Phi) is 10.6. The Labute approximate surface area is 214 Å². The molecular weight excluding hydrogens is 494 g/mol. The summed E-state index contributed by atoms with van der Waals surface area (Å²) in [5.41, 5.74) is 0. The van der Waals surface area contributed by atoms with E-state index in [9.17, 15) is 0 Å². The van der Waals surface area contributed by atoms with Gasteiger partial charge in [0.05, 0.1) is 12.3 Å². The summed E-state index contributed by atoms with van der Waals surface area (Å²) in [4.78, 5) is 0. The van der Waals surface area contributed by atoms with Gasteiger partial charge in [0.2, 0.25) is 0 Å². The molecule has 0 radical (unpaired) electrons. The first kappa shape index (κ1) is 25.4. The van der Waals surface area contributed by atoms with Gasteiger partial charge in [0.1, 0.15) is 23.0 Å². The topological polar surface area (TPSA) is 36.9 Å². The Hall–Kier alpha value is -2.71. The zero-order valence-electron chi connectivity index (χ0n) is 19.3. The molecule has 0 atom stereocenters. The van der Waals surface area contributed by atoms with Crippen LogP contribution in [0.15, 0.2) is 121 Å². The average molecular weight is 523 g/mol. The number of hydrogen-bond acceptors (Lipinski definition) is 5. The molecule has 0 unspecified atom stereocenters. The lowest BCUT2D eigenvalue weighted by Crippen LogP contribution is -2.05. The van der Waals surface area contributed by atoms with E-state index in [0.717, 1.165) is 46.8 Å². The fraction of sp³-hybridized carbons (Fsp3) is 0.143. The molecule has 4 aromatic carbocycles. The van der Waals surface area contributed by atoms with Crippen LogP contribution in [0, 0.1) is 0 Å². The van der Waals surface area contributed by atoms with Crippen LogP contribution in [0.25, 0.3) is 0 Å². The van der Waals surface area contributed by atoms with E-state index in [-0.39, 0.29) is 0 Å². The second-order valence-corrected chi connectivity index (χ2v) is 11.5. The van der Waals surface area contributed by atoms with Crippen LogP contribution in [-0.4, -0.2) is 23.8 Å². The highest BCUT2D eigenvalue weighted by atomic mass is 32.2. The summed E-state index contributed by atoms with van der Waals surface area (Å²) in [5.74, 6) is 5.16. The van der Waals surface area contributed by atoms with Crippen molar-refractivity contribution in [2.24, 2.45) is 0 Å². The van der Waals surface area contributed by atoms with Crippen molar-refractivity contribution in [3.63, 3.8) is 0 Å². The monoisotopic (exact) mass is 522 g/mol. The number of thioether (sulfide) groups is 1. The second-order valence-electron chi connectivity index (χ2n) is 7.34. The molecule has 0 saturated heterocycles. The molecule has 0 aliphatic heterocycles. The van der Waals surface area contributed by atoms with Crippen molar-refractivity contribution in [1.82, 2.24) is 0 Å². The zero-order valence-corrected chi connectivity index (χ0v) is 21.9. The Morgan fingerprint density at radius 1 is 0.400 bits per heavy atom. The molecule has 0 heterocycles. The quantitative estimate of drug-likeness (QED) is 0.122. The highest BCUT2D eigenvalue weighted by Gasteiger charge is 2.17. The molecule has 0 saturated carbocycles. The van der Waals surface area contributed by atoms with Crippen molar-refractivity contribution in [1.29, 1.82) is 0 Å². The number of para-hydroxylation sites is 4. The van der Waals surface area contributed by atoms with Crippen LogP contribution in [0.3, 0.4) is 0 Å². The van der Waals surface area contributed by atoms with Gasteiger partial charge in [-0.3, -0.25) is 0 Å². The highest BCUT2D eigenvalue weighted by molar-refractivity contribution is 7.99. The third kappa shape index (κ3) is 9.45. The van der Waals surface area contributed by atoms with Gasteiger partial charge in [-0.2, -0.15) is 11.8 Å². The molecule has 0 aliphatic carbocycles. The lowest BCUT2D eigenvalue weighted by atomic mass is 10.3. The van der Waals surface area contributed by atoms with Gasteiger partial charge in [-0.05, 0) is 48.5 Å². The standard InChI is InChI=1S/C28H28O4P2S/c1-5-13-25(14-6-1)29-33(30-26-15-7-2-8-16-26)21-23-35-24-22-34(31-27-17-9-3-10-18-27)32-28-19-11-4-12-20-28/h1-20H,21-24H2. The van der Waals surface area contributed by atoms with Crippen LogP contribution in [-0.2, 0) is 0 Å². The van der Waals surface area contributed by atoms with Gasteiger partial charge in [0.15, 0.2) is 0 Å². The first-order valence-electron chi connectivity index (χ1n) is 11.4. The maximum Gasteiger partial charge on any atom is 0.291 e. The number of benzene rings is 4. The van der Waals surface area contributed by atoms with Gasteiger partial charge >= 0.3 is 0 Å². The maximum atomic E-state index is 6.19. The van der Waals surface area contributed by atoms with Crippen molar-refractivity contribution in [3.8, 4) is 23.0 Å². The van der Waals surface area contributed by atoms with E-state index in [1.54, 1.807) is 0 Å². The normalized spacial score (nSPS) is 10.8. The Morgan fingerprint density at radius 3 is 0.914 bits per heavy atom. The molecule has 180 valence electrons. The van der Waals surface area contributed by atoms with Crippen molar-refractivity contribution >= 4 is 28.5 Å². The molecule has 0 N–H and O–H groups in total. The van der Waals surface area contributed by atoms with Gasteiger partial charge in [-0.25, -0.2) is 0 Å². The summed E-state index contributed by atoms with van der Waals surface area (Å²) in [6, 6.07) is 39.4. The van der Waals surface area contributed by atoms with E-state index in [1.807, 2.05) is 133 Å². The zero-order chi connectivity index (χ0) is 24.0. The maximum absolute atomic E-state index is 6.19. The van der Waals surface area contributed by atoms with Crippen LogP contribution >= 0.6 is 28.5 Å². The van der Waals surface area contributed by atoms with Crippen molar-refractivity contribution in [2.75, 3.05) is 23.8 Å². The minimum Gasteiger partial charge on any atom is -0.439 e. The van der Waals surface area contributed by atoms with E-state index in [1.165, 1.54) is 0 Å². The fourth-order valence-electron chi connectivity index (χ4n) is 3.00. The van der Waals surface area contributed by atoms with Gasteiger partial charge in [0.25, 0.3) is 16.8 Å². The predicted molar refractivity (Wildman–Crippen MR) is 149 cm³/mol. The van der Waals surface area contributed by atoms with E-state index in [4.69, 9.17) is 18.1 Å². The number of hydrogen-bond donors (Lipinski definition) is 0. The fourth-order valence-corrected chi connectivity index (χ4v) is 7.29. The molecule has 35 heavy (non-hydrogen) atoms. The van der Waals surface area contributed by atoms with Crippen LogP contribution in [0.2, 0.25) is 0 Å². The molecule has 0 aliphatic rings. The van der Waals surface area contributed by atoms with Crippen molar-refractivity contribution < 1.29 is 18.1 Å². The van der Waals surface area contributed by atoms with E-state index < -0.39 is 16.8 Å². The molecule has 0 aromatic heterocycles. The van der Waals surface area contributed by atoms with Crippen LogP contribution in [0.1, 0.15) is 0 Å². The third-order valence-electron chi connectivity index (χ3n) is 4.64. The Bertz CT molecular complexity index is 917. The van der Waals surface area contributed by atoms with E-state index in [0.29, 0.717) is 0 Å². The molecule has 0 spiro atoms. The Balaban J connectivity index is 1.28. The van der Waals surface area contributed by atoms with Crippen LogP contribution in [0.5, 0.6) is 23.0 Å². The predicted octanol–water partition coefficient (Wildman–Crippen LogP) is 8.66. The van der Waals surface area contributed by atoms with Gasteiger partial charge < -0.3 is 18.1 Å².